The number of pyridine rings is 1. The number of rotatable bonds is 2. The average molecular weight is 195 g/mol. The van der Waals surface area contributed by atoms with E-state index >= 15 is 0 Å². The third-order valence-electron chi connectivity index (χ3n) is 2.43. The summed E-state index contributed by atoms with van der Waals surface area (Å²) < 4.78 is 0. The van der Waals surface area contributed by atoms with Crippen molar-refractivity contribution in [2.75, 3.05) is 0 Å². The molecule has 15 heavy (non-hydrogen) atoms. The van der Waals surface area contributed by atoms with E-state index in [9.17, 15) is 0 Å². The minimum Gasteiger partial charge on any atom is -0.256 e. The minimum absolute atomic E-state index is 1.02. The maximum absolute atomic E-state index is 4.34. The first kappa shape index (κ1) is 9.66. The van der Waals surface area contributed by atoms with Crippen molar-refractivity contribution in [2.45, 2.75) is 6.92 Å². The van der Waals surface area contributed by atoms with Crippen LogP contribution in [0.1, 0.15) is 11.1 Å². The highest BCUT2D eigenvalue weighted by atomic mass is 14.7. The van der Waals surface area contributed by atoms with E-state index in [1.165, 1.54) is 11.1 Å². The summed E-state index contributed by atoms with van der Waals surface area (Å²) in [6.45, 7) is 5.85. The van der Waals surface area contributed by atoms with E-state index in [1.807, 2.05) is 30.5 Å². The molecule has 0 atom stereocenters. The highest BCUT2D eigenvalue weighted by Gasteiger charge is 2.01. The largest absolute Gasteiger partial charge is 0.256 e. The van der Waals surface area contributed by atoms with Gasteiger partial charge in [0, 0.05) is 11.8 Å². The molecule has 0 aliphatic carbocycles. The molecule has 1 nitrogen and oxygen atoms in total. The van der Waals surface area contributed by atoms with Crippen molar-refractivity contribution in [1.82, 2.24) is 4.98 Å². The number of nitrogens with zero attached hydrogens (tertiary/aromatic N) is 1. The molecule has 0 spiro atoms. The quantitative estimate of drug-likeness (QED) is 0.712. The monoisotopic (exact) mass is 195 g/mol. The zero-order valence-electron chi connectivity index (χ0n) is 8.77. The lowest BCUT2D eigenvalue weighted by Crippen LogP contribution is -1.86. The van der Waals surface area contributed by atoms with Crippen LogP contribution in [0, 0.1) is 6.92 Å². The lowest BCUT2D eigenvalue weighted by Gasteiger charge is -2.05. The van der Waals surface area contributed by atoms with Crippen molar-refractivity contribution < 1.29 is 0 Å². The highest BCUT2D eigenvalue weighted by molar-refractivity contribution is 5.66. The number of aryl methyl sites for hydroxylation is 1. The van der Waals surface area contributed by atoms with Crippen molar-refractivity contribution in [1.29, 1.82) is 0 Å². The third-order valence-corrected chi connectivity index (χ3v) is 2.43. The Morgan fingerprint density at radius 1 is 1.20 bits per heavy atom. The molecular weight excluding hydrogens is 182 g/mol. The molecule has 1 aromatic heterocycles. The van der Waals surface area contributed by atoms with Gasteiger partial charge in [0.05, 0.1) is 5.69 Å². The zero-order chi connectivity index (χ0) is 10.7. The number of benzene rings is 1. The molecule has 0 bridgehead atoms. The van der Waals surface area contributed by atoms with Crippen LogP contribution < -0.4 is 0 Å². The topological polar surface area (TPSA) is 12.9 Å². The van der Waals surface area contributed by atoms with E-state index in [2.05, 4.69) is 36.7 Å². The Kier molecular flexibility index (Phi) is 2.64. The second-order valence-corrected chi connectivity index (χ2v) is 3.49. The molecule has 0 aliphatic heterocycles. The minimum atomic E-state index is 1.02. The Balaban J connectivity index is 2.51. The fourth-order valence-electron chi connectivity index (χ4n) is 1.62. The molecule has 0 unspecified atom stereocenters. The molecule has 1 aromatic carbocycles. The SMILES string of the molecule is C=Cc1ccc(-c2ccccn2)c(C)c1. The van der Waals surface area contributed by atoms with Crippen molar-refractivity contribution in [3.05, 3.63) is 60.3 Å². The molecule has 2 aromatic rings. The maximum Gasteiger partial charge on any atom is 0.0704 e. The Morgan fingerprint density at radius 2 is 2.07 bits per heavy atom. The fourth-order valence-corrected chi connectivity index (χ4v) is 1.62. The Morgan fingerprint density at radius 3 is 2.67 bits per heavy atom. The average Bonchev–Trinajstić information content (AvgIpc) is 2.30. The first-order chi connectivity index (χ1) is 7.31. The maximum atomic E-state index is 4.34. The molecule has 0 fully saturated rings. The summed E-state index contributed by atoms with van der Waals surface area (Å²) >= 11 is 0. The standard InChI is InChI=1S/C14H13N/c1-3-12-7-8-13(11(2)10-12)14-6-4-5-9-15-14/h3-10H,1H2,2H3. The van der Waals surface area contributed by atoms with Gasteiger partial charge in [-0.3, -0.25) is 4.98 Å². The van der Waals surface area contributed by atoms with Crippen molar-refractivity contribution >= 4 is 6.08 Å². The van der Waals surface area contributed by atoms with Crippen molar-refractivity contribution in [3.8, 4) is 11.3 Å². The van der Waals surface area contributed by atoms with Crippen LogP contribution in [-0.2, 0) is 0 Å². The van der Waals surface area contributed by atoms with Gasteiger partial charge in [-0.1, -0.05) is 36.9 Å². The van der Waals surface area contributed by atoms with Crippen LogP contribution in [0.3, 0.4) is 0 Å². The van der Waals surface area contributed by atoms with Gasteiger partial charge in [-0.05, 0) is 30.2 Å². The first-order valence-corrected chi connectivity index (χ1v) is 4.96. The molecule has 0 radical (unpaired) electrons. The summed E-state index contributed by atoms with van der Waals surface area (Å²) in [6.07, 6.45) is 3.67. The predicted octanol–water partition coefficient (Wildman–Crippen LogP) is 3.70. The number of hydrogen-bond donors (Lipinski definition) is 0. The van der Waals surface area contributed by atoms with Gasteiger partial charge in [0.1, 0.15) is 0 Å². The van der Waals surface area contributed by atoms with Gasteiger partial charge in [-0.2, -0.15) is 0 Å². The van der Waals surface area contributed by atoms with Gasteiger partial charge in [-0.25, -0.2) is 0 Å². The molecule has 0 saturated carbocycles. The van der Waals surface area contributed by atoms with Crippen LogP contribution >= 0.6 is 0 Å². The molecule has 2 rings (SSSR count). The molecule has 0 aliphatic rings. The lowest BCUT2D eigenvalue weighted by atomic mass is 10.0. The van der Waals surface area contributed by atoms with Gasteiger partial charge in [0.15, 0.2) is 0 Å². The highest BCUT2D eigenvalue weighted by Crippen LogP contribution is 2.22. The van der Waals surface area contributed by atoms with Crippen LogP contribution in [0.4, 0.5) is 0 Å². The van der Waals surface area contributed by atoms with Crippen molar-refractivity contribution in [2.24, 2.45) is 0 Å². The molecule has 0 saturated heterocycles. The van der Waals surface area contributed by atoms with E-state index in [1.54, 1.807) is 0 Å². The van der Waals surface area contributed by atoms with Gasteiger partial charge < -0.3 is 0 Å². The van der Waals surface area contributed by atoms with Gasteiger partial charge in [0.2, 0.25) is 0 Å². The summed E-state index contributed by atoms with van der Waals surface area (Å²) in [5.41, 5.74) is 4.57. The molecule has 0 amide bonds. The smallest absolute Gasteiger partial charge is 0.0704 e. The van der Waals surface area contributed by atoms with E-state index in [0.29, 0.717) is 0 Å². The Bertz CT molecular complexity index is 472. The van der Waals surface area contributed by atoms with E-state index in [-0.39, 0.29) is 0 Å². The molecule has 74 valence electrons. The summed E-state index contributed by atoms with van der Waals surface area (Å²) in [5, 5.41) is 0. The van der Waals surface area contributed by atoms with Gasteiger partial charge >= 0.3 is 0 Å². The van der Waals surface area contributed by atoms with Crippen LogP contribution in [0.5, 0.6) is 0 Å². The normalized spacial score (nSPS) is 9.93. The van der Waals surface area contributed by atoms with Crippen LogP contribution in [0.25, 0.3) is 17.3 Å². The Hall–Kier alpha value is -1.89. The predicted molar refractivity (Wildman–Crippen MR) is 64.5 cm³/mol. The molecule has 0 N–H and O–H groups in total. The van der Waals surface area contributed by atoms with Gasteiger partial charge in [0.25, 0.3) is 0 Å². The van der Waals surface area contributed by atoms with E-state index in [0.717, 1.165) is 11.3 Å². The number of hydrogen-bond acceptors (Lipinski definition) is 1. The molecule has 1 heteroatoms. The van der Waals surface area contributed by atoms with Gasteiger partial charge in [-0.15, -0.1) is 0 Å². The van der Waals surface area contributed by atoms with E-state index in [4.69, 9.17) is 0 Å². The summed E-state index contributed by atoms with van der Waals surface area (Å²) in [5.74, 6) is 0. The lowest BCUT2D eigenvalue weighted by molar-refractivity contribution is 1.30. The Labute approximate surface area is 90.1 Å². The summed E-state index contributed by atoms with van der Waals surface area (Å²) in [6, 6.07) is 12.2. The summed E-state index contributed by atoms with van der Waals surface area (Å²) in [4.78, 5) is 4.34. The number of aromatic nitrogens is 1. The molecular formula is C14H13N. The molecule has 1 heterocycles. The van der Waals surface area contributed by atoms with E-state index < -0.39 is 0 Å². The fraction of sp³-hybridized carbons (Fsp3) is 0.0714. The van der Waals surface area contributed by atoms with Crippen molar-refractivity contribution in [3.63, 3.8) is 0 Å². The van der Waals surface area contributed by atoms with Crippen LogP contribution in [0.15, 0.2) is 49.2 Å². The second-order valence-electron chi connectivity index (χ2n) is 3.49. The first-order valence-electron chi connectivity index (χ1n) is 4.96. The van der Waals surface area contributed by atoms with Crippen LogP contribution in [0.2, 0.25) is 0 Å². The zero-order valence-corrected chi connectivity index (χ0v) is 8.77. The van der Waals surface area contributed by atoms with Crippen LogP contribution in [-0.4, -0.2) is 4.98 Å². The third kappa shape index (κ3) is 1.96. The summed E-state index contributed by atoms with van der Waals surface area (Å²) in [7, 11) is 0. The second kappa shape index (κ2) is 4.09.